The van der Waals surface area contributed by atoms with Gasteiger partial charge in [-0.25, -0.2) is 0 Å². The number of benzene rings is 2. The second kappa shape index (κ2) is 6.96. The van der Waals surface area contributed by atoms with E-state index in [0.717, 1.165) is 22.4 Å². The van der Waals surface area contributed by atoms with Gasteiger partial charge in [0.25, 0.3) is 0 Å². The van der Waals surface area contributed by atoms with Gasteiger partial charge in [0.1, 0.15) is 5.82 Å². The SMILES string of the molecule is Cc1cc(NC(=O)/C=C/c2cccc(-c3ccccc3)c2)n(C)n1. The molecule has 0 radical (unpaired) electrons. The van der Waals surface area contributed by atoms with Crippen molar-refractivity contribution in [2.45, 2.75) is 6.92 Å². The summed E-state index contributed by atoms with van der Waals surface area (Å²) in [6.45, 7) is 1.89. The average Bonchev–Trinajstić information content (AvgIpc) is 2.91. The Labute approximate surface area is 141 Å². The van der Waals surface area contributed by atoms with Crippen molar-refractivity contribution in [1.82, 2.24) is 9.78 Å². The highest BCUT2D eigenvalue weighted by Crippen LogP contribution is 2.20. The molecule has 1 amide bonds. The van der Waals surface area contributed by atoms with Crippen LogP contribution in [0.3, 0.4) is 0 Å². The van der Waals surface area contributed by atoms with Crippen LogP contribution in [0.2, 0.25) is 0 Å². The van der Waals surface area contributed by atoms with Crippen LogP contribution in [0, 0.1) is 6.92 Å². The molecular weight excluding hydrogens is 298 g/mol. The number of amides is 1. The molecule has 2 aromatic carbocycles. The predicted molar refractivity (Wildman–Crippen MR) is 97.5 cm³/mol. The third-order valence-electron chi connectivity index (χ3n) is 3.67. The van der Waals surface area contributed by atoms with E-state index < -0.39 is 0 Å². The Kier molecular flexibility index (Phi) is 4.57. The lowest BCUT2D eigenvalue weighted by molar-refractivity contribution is -0.111. The summed E-state index contributed by atoms with van der Waals surface area (Å²) >= 11 is 0. The molecule has 4 nitrogen and oxygen atoms in total. The van der Waals surface area contributed by atoms with Gasteiger partial charge in [0.05, 0.1) is 5.69 Å². The minimum atomic E-state index is -0.178. The van der Waals surface area contributed by atoms with Gasteiger partial charge in [-0.15, -0.1) is 0 Å². The lowest BCUT2D eigenvalue weighted by Crippen LogP contribution is -2.11. The molecule has 3 rings (SSSR count). The number of carbonyl (C=O) groups is 1. The average molecular weight is 317 g/mol. The molecule has 3 aromatic rings. The molecule has 120 valence electrons. The zero-order chi connectivity index (χ0) is 16.9. The predicted octanol–water partition coefficient (Wildman–Crippen LogP) is 4.05. The van der Waals surface area contributed by atoms with Crippen molar-refractivity contribution in [3.05, 3.63) is 78.0 Å². The highest BCUT2D eigenvalue weighted by molar-refractivity contribution is 6.01. The van der Waals surface area contributed by atoms with Gasteiger partial charge in [-0.3, -0.25) is 9.48 Å². The van der Waals surface area contributed by atoms with Gasteiger partial charge in [0.2, 0.25) is 5.91 Å². The fourth-order valence-electron chi connectivity index (χ4n) is 2.52. The largest absolute Gasteiger partial charge is 0.307 e. The smallest absolute Gasteiger partial charge is 0.249 e. The van der Waals surface area contributed by atoms with Crippen molar-refractivity contribution in [1.29, 1.82) is 0 Å². The molecule has 0 unspecified atom stereocenters. The third-order valence-corrected chi connectivity index (χ3v) is 3.67. The van der Waals surface area contributed by atoms with E-state index >= 15 is 0 Å². The van der Waals surface area contributed by atoms with E-state index in [1.54, 1.807) is 11.7 Å². The zero-order valence-corrected chi connectivity index (χ0v) is 13.7. The summed E-state index contributed by atoms with van der Waals surface area (Å²) in [5, 5.41) is 7.03. The molecule has 0 atom stereocenters. The van der Waals surface area contributed by atoms with E-state index in [4.69, 9.17) is 0 Å². The molecule has 0 aliphatic rings. The number of carbonyl (C=O) groups excluding carboxylic acids is 1. The summed E-state index contributed by atoms with van der Waals surface area (Å²) in [6, 6.07) is 20.1. The Bertz CT molecular complexity index is 879. The van der Waals surface area contributed by atoms with Gasteiger partial charge >= 0.3 is 0 Å². The van der Waals surface area contributed by atoms with Gasteiger partial charge in [0.15, 0.2) is 0 Å². The van der Waals surface area contributed by atoms with E-state index in [1.165, 1.54) is 6.08 Å². The van der Waals surface area contributed by atoms with Crippen molar-refractivity contribution >= 4 is 17.8 Å². The summed E-state index contributed by atoms with van der Waals surface area (Å²) in [4.78, 5) is 12.1. The Morgan fingerprint density at radius 3 is 2.50 bits per heavy atom. The first-order valence-electron chi connectivity index (χ1n) is 7.77. The number of rotatable bonds is 4. The molecule has 1 N–H and O–H groups in total. The minimum absolute atomic E-state index is 0.178. The maximum Gasteiger partial charge on any atom is 0.249 e. The fraction of sp³-hybridized carbons (Fsp3) is 0.100. The van der Waals surface area contributed by atoms with Crippen LogP contribution in [0.25, 0.3) is 17.2 Å². The maximum atomic E-state index is 12.1. The molecular formula is C20H19N3O. The fourth-order valence-corrected chi connectivity index (χ4v) is 2.52. The lowest BCUT2D eigenvalue weighted by Gasteiger charge is -2.03. The van der Waals surface area contributed by atoms with Gasteiger partial charge in [-0.05, 0) is 35.8 Å². The summed E-state index contributed by atoms with van der Waals surface area (Å²) in [5.41, 5.74) is 4.13. The van der Waals surface area contributed by atoms with Crippen molar-refractivity contribution < 1.29 is 4.79 Å². The van der Waals surface area contributed by atoms with E-state index in [0.29, 0.717) is 5.82 Å². The first-order chi connectivity index (χ1) is 11.6. The van der Waals surface area contributed by atoms with Crippen LogP contribution in [0.5, 0.6) is 0 Å². The molecule has 1 aromatic heterocycles. The Morgan fingerprint density at radius 1 is 1.04 bits per heavy atom. The lowest BCUT2D eigenvalue weighted by atomic mass is 10.0. The Hall–Kier alpha value is -3.14. The van der Waals surface area contributed by atoms with Crippen molar-refractivity contribution in [3.8, 4) is 11.1 Å². The van der Waals surface area contributed by atoms with Crippen LogP contribution >= 0.6 is 0 Å². The number of anilines is 1. The van der Waals surface area contributed by atoms with Gasteiger partial charge in [0, 0.05) is 19.2 Å². The summed E-state index contributed by atoms with van der Waals surface area (Å²) in [6.07, 6.45) is 3.34. The first kappa shape index (κ1) is 15.7. The van der Waals surface area contributed by atoms with E-state index in [9.17, 15) is 4.79 Å². The number of nitrogens with one attached hydrogen (secondary N) is 1. The monoisotopic (exact) mass is 317 g/mol. The van der Waals surface area contributed by atoms with Crippen LogP contribution in [0.1, 0.15) is 11.3 Å². The minimum Gasteiger partial charge on any atom is -0.307 e. The highest BCUT2D eigenvalue weighted by atomic mass is 16.1. The molecule has 0 bridgehead atoms. The van der Waals surface area contributed by atoms with Crippen LogP contribution in [-0.2, 0) is 11.8 Å². The maximum absolute atomic E-state index is 12.1. The second-order valence-electron chi connectivity index (χ2n) is 5.61. The topological polar surface area (TPSA) is 46.9 Å². The molecule has 0 saturated carbocycles. The molecule has 0 aliphatic heterocycles. The molecule has 4 heteroatoms. The van der Waals surface area contributed by atoms with E-state index in [2.05, 4.69) is 34.7 Å². The zero-order valence-electron chi connectivity index (χ0n) is 13.7. The normalized spacial score (nSPS) is 10.9. The highest BCUT2D eigenvalue weighted by Gasteiger charge is 2.04. The molecule has 1 heterocycles. The number of aryl methyl sites for hydroxylation is 2. The van der Waals surface area contributed by atoms with Crippen LogP contribution in [0.15, 0.2) is 66.7 Å². The second-order valence-corrected chi connectivity index (χ2v) is 5.61. The number of hydrogen-bond donors (Lipinski definition) is 1. The number of aromatic nitrogens is 2. The standard InChI is InChI=1S/C20H19N3O/c1-15-13-19(23(2)22-15)21-20(24)12-11-16-7-6-10-18(14-16)17-8-4-3-5-9-17/h3-14H,1-2H3,(H,21,24)/b12-11+. The molecule has 0 spiro atoms. The molecule has 0 saturated heterocycles. The third kappa shape index (κ3) is 3.79. The van der Waals surface area contributed by atoms with Crippen molar-refractivity contribution in [2.24, 2.45) is 7.05 Å². The van der Waals surface area contributed by atoms with E-state index in [1.807, 2.05) is 49.4 Å². The van der Waals surface area contributed by atoms with Crippen LogP contribution in [-0.4, -0.2) is 15.7 Å². The summed E-state index contributed by atoms with van der Waals surface area (Å²) in [5.74, 6) is 0.503. The van der Waals surface area contributed by atoms with Crippen LogP contribution < -0.4 is 5.32 Å². The van der Waals surface area contributed by atoms with Crippen molar-refractivity contribution in [3.63, 3.8) is 0 Å². The number of hydrogen-bond acceptors (Lipinski definition) is 2. The Morgan fingerprint density at radius 2 is 1.79 bits per heavy atom. The first-order valence-corrected chi connectivity index (χ1v) is 7.77. The Balaban J connectivity index is 1.72. The molecule has 0 fully saturated rings. The summed E-state index contributed by atoms with van der Waals surface area (Å²) < 4.78 is 1.65. The van der Waals surface area contributed by atoms with Crippen LogP contribution in [0.4, 0.5) is 5.82 Å². The van der Waals surface area contributed by atoms with E-state index in [-0.39, 0.29) is 5.91 Å². The number of nitrogens with zero attached hydrogens (tertiary/aromatic N) is 2. The quantitative estimate of drug-likeness (QED) is 0.738. The van der Waals surface area contributed by atoms with Crippen molar-refractivity contribution in [2.75, 3.05) is 5.32 Å². The summed E-state index contributed by atoms with van der Waals surface area (Å²) in [7, 11) is 1.80. The van der Waals surface area contributed by atoms with Gasteiger partial charge in [-0.2, -0.15) is 5.10 Å². The molecule has 24 heavy (non-hydrogen) atoms. The van der Waals surface area contributed by atoms with Gasteiger partial charge in [-0.1, -0.05) is 48.5 Å². The molecule has 0 aliphatic carbocycles. The van der Waals surface area contributed by atoms with Gasteiger partial charge < -0.3 is 5.32 Å².